The number of esters is 1. The van der Waals surface area contributed by atoms with Crippen LogP contribution in [0.4, 0.5) is 0 Å². The van der Waals surface area contributed by atoms with E-state index < -0.39 is 28.0 Å². The van der Waals surface area contributed by atoms with Gasteiger partial charge in [0.15, 0.2) is 0 Å². The molecule has 0 fully saturated rings. The Kier molecular flexibility index (Phi) is 5.59. The molecule has 0 aliphatic rings. The van der Waals surface area contributed by atoms with E-state index in [4.69, 9.17) is 5.11 Å². The number of carboxylic acids is 1. The second-order valence-corrected chi connectivity index (χ2v) is 5.53. The van der Waals surface area contributed by atoms with Crippen molar-refractivity contribution in [2.24, 2.45) is 0 Å². The van der Waals surface area contributed by atoms with Crippen molar-refractivity contribution in [3.8, 4) is 0 Å². The summed E-state index contributed by atoms with van der Waals surface area (Å²) in [5.41, 5.74) is 0. The number of sulfonamides is 1. The lowest BCUT2D eigenvalue weighted by molar-refractivity contribution is -0.142. The fraction of sp³-hybridized carbons (Fsp3) is 0.364. The number of nitrogens with one attached hydrogen (secondary N) is 1. The highest BCUT2D eigenvalue weighted by molar-refractivity contribution is 7.89. The number of nitrogens with zero attached hydrogens (tertiary/aromatic N) is 1. The Hall–Kier alpha value is -2.00. The van der Waals surface area contributed by atoms with Crippen molar-refractivity contribution in [2.75, 3.05) is 7.11 Å². The van der Waals surface area contributed by atoms with Gasteiger partial charge in [0.2, 0.25) is 10.0 Å². The summed E-state index contributed by atoms with van der Waals surface area (Å²) < 4.78 is 30.3. The first-order valence-corrected chi connectivity index (χ1v) is 7.07. The molecule has 110 valence electrons. The molecule has 0 spiro atoms. The first-order chi connectivity index (χ1) is 9.36. The number of hydrogen-bond acceptors (Lipinski definition) is 6. The fourth-order valence-corrected chi connectivity index (χ4v) is 2.55. The van der Waals surface area contributed by atoms with E-state index in [0.29, 0.717) is 0 Å². The average molecular weight is 302 g/mol. The zero-order chi connectivity index (χ0) is 15.2. The maximum absolute atomic E-state index is 11.9. The summed E-state index contributed by atoms with van der Waals surface area (Å²) in [6, 6.07) is 1.28. The molecule has 2 N–H and O–H groups in total. The van der Waals surface area contributed by atoms with Crippen molar-refractivity contribution in [1.29, 1.82) is 0 Å². The largest absolute Gasteiger partial charge is 0.480 e. The normalized spacial score (nSPS) is 12.7. The van der Waals surface area contributed by atoms with Crippen LogP contribution >= 0.6 is 0 Å². The highest BCUT2D eigenvalue weighted by Gasteiger charge is 2.26. The average Bonchev–Trinajstić information content (AvgIpc) is 2.43. The van der Waals surface area contributed by atoms with E-state index in [-0.39, 0.29) is 17.7 Å². The second kappa shape index (κ2) is 6.96. The number of carbonyl (C=O) groups excluding carboxylic acids is 1. The Balaban J connectivity index is 2.80. The van der Waals surface area contributed by atoms with Crippen LogP contribution in [0.1, 0.15) is 12.8 Å². The molecule has 0 radical (unpaired) electrons. The number of methoxy groups -OCH3 is 1. The van der Waals surface area contributed by atoms with Gasteiger partial charge >= 0.3 is 11.9 Å². The lowest BCUT2D eigenvalue weighted by Crippen LogP contribution is -2.41. The van der Waals surface area contributed by atoms with Crippen LogP contribution in [0.3, 0.4) is 0 Å². The van der Waals surface area contributed by atoms with Crippen molar-refractivity contribution in [3.63, 3.8) is 0 Å². The zero-order valence-electron chi connectivity index (χ0n) is 10.6. The van der Waals surface area contributed by atoms with Gasteiger partial charge in [-0.3, -0.25) is 14.6 Å². The maximum atomic E-state index is 11.9. The highest BCUT2D eigenvalue weighted by Crippen LogP contribution is 2.09. The van der Waals surface area contributed by atoms with Gasteiger partial charge in [-0.05, 0) is 18.6 Å². The van der Waals surface area contributed by atoms with Gasteiger partial charge in [0, 0.05) is 18.8 Å². The predicted octanol–water partition coefficient (Wildman–Crippen LogP) is -0.234. The topological polar surface area (TPSA) is 123 Å². The lowest BCUT2D eigenvalue weighted by Gasteiger charge is -2.14. The first-order valence-electron chi connectivity index (χ1n) is 5.59. The molecule has 20 heavy (non-hydrogen) atoms. The number of carbonyl (C=O) groups is 2. The third kappa shape index (κ3) is 4.59. The van der Waals surface area contributed by atoms with Crippen molar-refractivity contribution in [3.05, 3.63) is 24.5 Å². The van der Waals surface area contributed by atoms with Crippen LogP contribution in [0.25, 0.3) is 0 Å². The molecule has 1 atom stereocenters. The smallest absolute Gasteiger partial charge is 0.321 e. The Morgan fingerprint density at radius 3 is 2.70 bits per heavy atom. The van der Waals surface area contributed by atoms with Gasteiger partial charge in [-0.2, -0.15) is 4.72 Å². The van der Waals surface area contributed by atoms with Gasteiger partial charge in [-0.15, -0.1) is 0 Å². The van der Waals surface area contributed by atoms with E-state index in [1.807, 2.05) is 4.72 Å². The van der Waals surface area contributed by atoms with Gasteiger partial charge in [0.05, 0.1) is 7.11 Å². The molecular formula is C11H14N2O6S. The van der Waals surface area contributed by atoms with E-state index >= 15 is 0 Å². The van der Waals surface area contributed by atoms with Crippen molar-refractivity contribution in [2.45, 2.75) is 23.8 Å². The Morgan fingerprint density at radius 1 is 1.50 bits per heavy atom. The molecule has 1 aromatic rings. The molecular weight excluding hydrogens is 288 g/mol. The van der Waals surface area contributed by atoms with Gasteiger partial charge in [-0.1, -0.05) is 0 Å². The number of rotatable bonds is 7. The number of aromatic nitrogens is 1. The molecule has 0 aromatic carbocycles. The summed E-state index contributed by atoms with van der Waals surface area (Å²) in [7, 11) is -2.84. The monoisotopic (exact) mass is 302 g/mol. The van der Waals surface area contributed by atoms with Crippen molar-refractivity contribution < 1.29 is 27.9 Å². The van der Waals surface area contributed by atoms with Crippen LogP contribution in [-0.2, 0) is 24.3 Å². The van der Waals surface area contributed by atoms with Gasteiger partial charge < -0.3 is 9.84 Å². The van der Waals surface area contributed by atoms with Gasteiger partial charge in [0.1, 0.15) is 10.9 Å². The Labute approximate surface area is 115 Å². The molecule has 8 nitrogen and oxygen atoms in total. The summed E-state index contributed by atoms with van der Waals surface area (Å²) in [5, 5.41) is 8.97. The third-order valence-electron chi connectivity index (χ3n) is 2.41. The highest BCUT2D eigenvalue weighted by atomic mass is 32.2. The molecule has 0 saturated carbocycles. The quantitative estimate of drug-likeness (QED) is 0.667. The maximum Gasteiger partial charge on any atom is 0.321 e. The summed E-state index contributed by atoms with van der Waals surface area (Å²) in [5.74, 6) is -1.99. The van der Waals surface area contributed by atoms with Gasteiger partial charge in [-0.25, -0.2) is 8.42 Å². The lowest BCUT2D eigenvalue weighted by atomic mass is 10.2. The van der Waals surface area contributed by atoms with Crippen molar-refractivity contribution >= 4 is 22.0 Å². The minimum atomic E-state index is -4.00. The zero-order valence-corrected chi connectivity index (χ0v) is 11.5. The van der Waals surface area contributed by atoms with Crippen LogP contribution < -0.4 is 4.72 Å². The number of hydrogen-bond donors (Lipinski definition) is 2. The molecule has 0 bridgehead atoms. The molecule has 0 saturated heterocycles. The van der Waals surface area contributed by atoms with Crippen LogP contribution in [0, 0.1) is 0 Å². The predicted molar refractivity (Wildman–Crippen MR) is 67.2 cm³/mol. The van der Waals surface area contributed by atoms with Crippen LogP contribution in [-0.4, -0.2) is 43.6 Å². The van der Waals surface area contributed by atoms with E-state index in [1.165, 1.54) is 18.3 Å². The number of ether oxygens (including phenoxy) is 1. The molecule has 0 aliphatic carbocycles. The minimum absolute atomic E-state index is 0.149. The number of carboxylic acid groups (broad SMARTS) is 1. The fourth-order valence-electron chi connectivity index (χ4n) is 1.36. The molecule has 0 aliphatic heterocycles. The summed E-state index contributed by atoms with van der Waals surface area (Å²) in [4.78, 5) is 25.5. The van der Waals surface area contributed by atoms with E-state index in [0.717, 1.165) is 13.3 Å². The van der Waals surface area contributed by atoms with Crippen LogP contribution in [0.5, 0.6) is 0 Å². The summed E-state index contributed by atoms with van der Waals surface area (Å²) >= 11 is 0. The third-order valence-corrected chi connectivity index (χ3v) is 3.86. The first kappa shape index (κ1) is 16.1. The number of pyridine rings is 1. The van der Waals surface area contributed by atoms with Crippen LogP contribution in [0.2, 0.25) is 0 Å². The molecule has 1 rings (SSSR count). The summed E-state index contributed by atoms with van der Waals surface area (Å²) in [6.07, 6.45) is 2.08. The number of aliphatic carboxylic acids is 1. The minimum Gasteiger partial charge on any atom is -0.480 e. The molecule has 1 heterocycles. The SMILES string of the molecule is COC(=O)CC[C@H](NS(=O)(=O)c1cccnc1)C(=O)O. The second-order valence-electron chi connectivity index (χ2n) is 3.82. The van der Waals surface area contributed by atoms with Gasteiger partial charge in [0.25, 0.3) is 0 Å². The Morgan fingerprint density at radius 2 is 2.20 bits per heavy atom. The van der Waals surface area contributed by atoms with Crippen LogP contribution in [0.15, 0.2) is 29.4 Å². The Bertz CT molecular complexity index is 572. The van der Waals surface area contributed by atoms with E-state index in [2.05, 4.69) is 9.72 Å². The van der Waals surface area contributed by atoms with E-state index in [1.54, 1.807) is 0 Å². The molecule has 0 unspecified atom stereocenters. The molecule has 9 heteroatoms. The molecule has 1 aromatic heterocycles. The van der Waals surface area contributed by atoms with Crippen molar-refractivity contribution in [1.82, 2.24) is 9.71 Å². The standard InChI is InChI=1S/C11H14N2O6S/c1-19-10(14)5-4-9(11(15)16)13-20(17,18)8-3-2-6-12-7-8/h2-3,6-7,9,13H,4-5H2,1H3,(H,15,16)/t9-/m0/s1. The van der Waals surface area contributed by atoms with E-state index in [9.17, 15) is 18.0 Å². The summed E-state index contributed by atoms with van der Waals surface area (Å²) in [6.45, 7) is 0. The molecule has 0 amide bonds.